The van der Waals surface area contributed by atoms with E-state index >= 15 is 0 Å². The molecule has 0 amide bonds. The second-order valence-electron chi connectivity index (χ2n) is 9.19. The molecular weight excluding hydrogens is 412 g/mol. The van der Waals surface area contributed by atoms with Crippen LogP contribution in [-0.4, -0.2) is 36.1 Å². The topological polar surface area (TPSA) is 79.7 Å². The molecule has 1 aliphatic carbocycles. The number of H-pyrrole nitrogens is 1. The number of aromatic amines is 1. The van der Waals surface area contributed by atoms with Gasteiger partial charge in [0.15, 0.2) is 5.82 Å². The normalized spacial score (nSPS) is 14.5. The third-order valence-corrected chi connectivity index (χ3v) is 6.86. The molecule has 1 fully saturated rings. The number of benzene rings is 2. The van der Waals surface area contributed by atoms with Crippen LogP contribution >= 0.6 is 0 Å². The maximum absolute atomic E-state index is 13.0. The highest BCUT2D eigenvalue weighted by Gasteiger charge is 2.25. The summed E-state index contributed by atoms with van der Waals surface area (Å²) in [6.07, 6.45) is 4.73. The lowest BCUT2D eigenvalue weighted by molar-refractivity contribution is 0.172. The molecule has 0 radical (unpaired) electrons. The number of hydrogen-bond acceptors (Lipinski definition) is 5. The first-order valence-electron chi connectivity index (χ1n) is 11.7. The van der Waals surface area contributed by atoms with E-state index in [4.69, 9.17) is 0 Å². The molecule has 0 saturated heterocycles. The zero-order valence-electron chi connectivity index (χ0n) is 19.3. The van der Waals surface area contributed by atoms with Gasteiger partial charge in [-0.3, -0.25) is 9.69 Å². The molecule has 7 heteroatoms. The average Bonchev–Trinajstić information content (AvgIpc) is 3.50. The van der Waals surface area contributed by atoms with Crippen LogP contribution in [0.3, 0.4) is 0 Å². The molecule has 2 aromatic heterocycles. The summed E-state index contributed by atoms with van der Waals surface area (Å²) in [5.41, 5.74) is 5.14. The Kier molecular flexibility index (Phi) is 6.05. The lowest BCUT2D eigenvalue weighted by atomic mass is 10.0. The molecular formula is C26H30N6O. The number of pyridine rings is 1. The Morgan fingerprint density at radius 3 is 2.58 bits per heavy atom. The molecule has 2 aromatic carbocycles. The van der Waals surface area contributed by atoms with E-state index in [1.807, 2.05) is 29.8 Å². The van der Waals surface area contributed by atoms with Crippen molar-refractivity contribution >= 4 is 10.9 Å². The van der Waals surface area contributed by atoms with Crippen molar-refractivity contribution in [3.8, 4) is 0 Å². The SMILES string of the molecule is Cc1ccc(C)c2[nH]c(=O)c(CN(Cc3nnnn3Cc3ccccc3)C3CCCC3)cc12. The number of rotatable bonds is 7. The van der Waals surface area contributed by atoms with Gasteiger partial charge < -0.3 is 4.98 Å². The van der Waals surface area contributed by atoms with Crippen molar-refractivity contribution in [3.05, 3.63) is 87.0 Å². The van der Waals surface area contributed by atoms with Crippen LogP contribution in [0.4, 0.5) is 0 Å². The van der Waals surface area contributed by atoms with Gasteiger partial charge in [0, 0.05) is 23.5 Å². The van der Waals surface area contributed by atoms with Crippen molar-refractivity contribution < 1.29 is 0 Å². The first-order valence-corrected chi connectivity index (χ1v) is 11.7. The Hall–Kier alpha value is -3.32. The minimum Gasteiger partial charge on any atom is -0.321 e. The fourth-order valence-electron chi connectivity index (χ4n) is 4.94. The van der Waals surface area contributed by atoms with Crippen LogP contribution in [0.15, 0.2) is 53.3 Å². The third kappa shape index (κ3) is 4.59. The molecule has 0 spiro atoms. The molecule has 1 aliphatic rings. The molecule has 0 aliphatic heterocycles. The lowest BCUT2D eigenvalue weighted by Gasteiger charge is -2.28. The van der Waals surface area contributed by atoms with Gasteiger partial charge in [-0.2, -0.15) is 0 Å². The highest BCUT2D eigenvalue weighted by atomic mass is 16.1. The van der Waals surface area contributed by atoms with Crippen LogP contribution in [0.2, 0.25) is 0 Å². The highest BCUT2D eigenvalue weighted by molar-refractivity contribution is 5.85. The van der Waals surface area contributed by atoms with E-state index in [-0.39, 0.29) is 5.56 Å². The predicted octanol–water partition coefficient (Wildman–Crippen LogP) is 4.12. The Morgan fingerprint density at radius 2 is 1.79 bits per heavy atom. The standard InChI is InChI=1S/C26H30N6O/c1-18-12-13-19(2)25-23(18)14-21(26(33)27-25)16-31(22-10-6-7-11-22)17-24-28-29-30-32(24)15-20-8-4-3-5-9-20/h3-5,8-9,12-14,22H,6-7,10-11,15-17H2,1-2H3,(H,27,33). The molecule has 1 N–H and O–H groups in total. The summed E-state index contributed by atoms with van der Waals surface area (Å²) in [5.74, 6) is 0.829. The summed E-state index contributed by atoms with van der Waals surface area (Å²) in [4.78, 5) is 18.6. The number of aromatic nitrogens is 5. The number of fused-ring (bicyclic) bond motifs is 1. The maximum Gasteiger partial charge on any atom is 0.252 e. The lowest BCUT2D eigenvalue weighted by Crippen LogP contribution is -2.35. The van der Waals surface area contributed by atoms with Crippen LogP contribution in [0.1, 0.15) is 53.8 Å². The third-order valence-electron chi connectivity index (χ3n) is 6.86. The molecule has 33 heavy (non-hydrogen) atoms. The maximum atomic E-state index is 13.0. The van der Waals surface area contributed by atoms with Gasteiger partial charge in [-0.05, 0) is 59.9 Å². The van der Waals surface area contributed by atoms with Crippen molar-refractivity contribution in [2.45, 2.75) is 65.2 Å². The molecule has 1 saturated carbocycles. The number of nitrogens with zero attached hydrogens (tertiary/aromatic N) is 5. The van der Waals surface area contributed by atoms with Crippen LogP contribution in [0.5, 0.6) is 0 Å². The van der Waals surface area contributed by atoms with E-state index in [1.54, 1.807) is 0 Å². The molecule has 2 heterocycles. The molecule has 0 unspecified atom stereocenters. The zero-order valence-corrected chi connectivity index (χ0v) is 19.3. The number of hydrogen-bond donors (Lipinski definition) is 1. The second kappa shape index (κ2) is 9.27. The minimum atomic E-state index is -0.0110. The summed E-state index contributed by atoms with van der Waals surface area (Å²) in [7, 11) is 0. The Morgan fingerprint density at radius 1 is 1.03 bits per heavy atom. The first kappa shape index (κ1) is 21.5. The number of nitrogens with one attached hydrogen (secondary N) is 1. The molecule has 170 valence electrons. The van der Waals surface area contributed by atoms with Gasteiger partial charge >= 0.3 is 0 Å². The summed E-state index contributed by atoms with van der Waals surface area (Å²) >= 11 is 0. The van der Waals surface area contributed by atoms with Crippen molar-refractivity contribution in [3.63, 3.8) is 0 Å². The second-order valence-corrected chi connectivity index (χ2v) is 9.19. The van der Waals surface area contributed by atoms with Crippen molar-refractivity contribution in [2.75, 3.05) is 0 Å². The molecule has 4 aromatic rings. The molecule has 5 rings (SSSR count). The minimum absolute atomic E-state index is 0.0110. The van der Waals surface area contributed by atoms with Gasteiger partial charge in [-0.25, -0.2) is 4.68 Å². The summed E-state index contributed by atoms with van der Waals surface area (Å²) in [6.45, 7) is 5.97. The summed E-state index contributed by atoms with van der Waals surface area (Å²) in [5, 5.41) is 13.6. The number of aryl methyl sites for hydroxylation is 2. The van der Waals surface area contributed by atoms with Gasteiger partial charge in [0.2, 0.25) is 0 Å². The molecule has 7 nitrogen and oxygen atoms in total. The number of tetrazole rings is 1. The summed E-state index contributed by atoms with van der Waals surface area (Å²) < 4.78 is 1.87. The Bertz CT molecular complexity index is 1300. The smallest absolute Gasteiger partial charge is 0.252 e. The van der Waals surface area contributed by atoms with Crippen LogP contribution in [-0.2, 0) is 19.6 Å². The van der Waals surface area contributed by atoms with E-state index in [0.717, 1.165) is 46.3 Å². The van der Waals surface area contributed by atoms with Gasteiger partial charge in [0.25, 0.3) is 5.56 Å². The average molecular weight is 443 g/mol. The van der Waals surface area contributed by atoms with Gasteiger partial charge in [0.05, 0.1) is 18.6 Å². The highest BCUT2D eigenvalue weighted by Crippen LogP contribution is 2.27. The van der Waals surface area contributed by atoms with Gasteiger partial charge in [-0.15, -0.1) is 5.10 Å². The molecule has 0 bridgehead atoms. The van der Waals surface area contributed by atoms with E-state index < -0.39 is 0 Å². The largest absolute Gasteiger partial charge is 0.321 e. The van der Waals surface area contributed by atoms with E-state index in [9.17, 15) is 4.79 Å². The van der Waals surface area contributed by atoms with E-state index in [2.05, 4.69) is 62.7 Å². The predicted molar refractivity (Wildman–Crippen MR) is 129 cm³/mol. The van der Waals surface area contributed by atoms with E-state index in [1.165, 1.54) is 18.4 Å². The van der Waals surface area contributed by atoms with Crippen LogP contribution in [0, 0.1) is 13.8 Å². The van der Waals surface area contributed by atoms with E-state index in [0.29, 0.717) is 25.7 Å². The Balaban J connectivity index is 1.45. The molecule has 0 atom stereocenters. The van der Waals surface area contributed by atoms with Crippen LogP contribution < -0.4 is 5.56 Å². The first-order chi connectivity index (χ1) is 16.1. The van der Waals surface area contributed by atoms with Gasteiger partial charge in [0.1, 0.15) is 0 Å². The van der Waals surface area contributed by atoms with Crippen molar-refractivity contribution in [2.24, 2.45) is 0 Å². The fourth-order valence-corrected chi connectivity index (χ4v) is 4.94. The Labute approximate surface area is 193 Å². The quantitative estimate of drug-likeness (QED) is 0.466. The monoisotopic (exact) mass is 442 g/mol. The van der Waals surface area contributed by atoms with Crippen molar-refractivity contribution in [1.82, 2.24) is 30.1 Å². The van der Waals surface area contributed by atoms with Crippen LogP contribution in [0.25, 0.3) is 10.9 Å². The van der Waals surface area contributed by atoms with Gasteiger partial charge in [-0.1, -0.05) is 55.3 Å². The zero-order chi connectivity index (χ0) is 22.8. The fraction of sp³-hybridized carbons (Fsp3) is 0.385. The summed E-state index contributed by atoms with van der Waals surface area (Å²) in [6, 6.07) is 16.9. The van der Waals surface area contributed by atoms with Crippen molar-refractivity contribution in [1.29, 1.82) is 0 Å².